The molecule has 0 amide bonds. The molecule has 1 aliphatic carbocycles. The number of hydrogen-bond acceptors (Lipinski definition) is 14. The molecule has 0 aromatic carbocycles. The normalized spacial score (nSPS) is 9.43. The highest BCUT2D eigenvalue weighted by Gasteiger charge is 2.04. The highest BCUT2D eigenvalue weighted by molar-refractivity contribution is 7.10. The van der Waals surface area contributed by atoms with Crippen LogP contribution in [0.3, 0.4) is 0 Å². The van der Waals surface area contributed by atoms with Crippen molar-refractivity contribution in [2.75, 3.05) is 0 Å². The van der Waals surface area contributed by atoms with E-state index in [9.17, 15) is 0 Å². The summed E-state index contributed by atoms with van der Waals surface area (Å²) in [6.45, 7) is 91.3. The van der Waals surface area contributed by atoms with E-state index in [4.69, 9.17) is 13.4 Å². The van der Waals surface area contributed by atoms with E-state index in [1.165, 1.54) is 43.6 Å². The molecule has 0 atom stereocenters. The van der Waals surface area contributed by atoms with Crippen LogP contribution in [0.5, 0.6) is 0 Å². The summed E-state index contributed by atoms with van der Waals surface area (Å²) in [5.74, 6) is 7.97. The number of rotatable bonds is 11. The quantitative estimate of drug-likeness (QED) is 0.123. The van der Waals surface area contributed by atoms with Gasteiger partial charge in [-0.15, -0.1) is 11.3 Å². The molecule has 638 valence electrons. The summed E-state index contributed by atoms with van der Waals surface area (Å²) in [6, 6.07) is 22.9. The number of allylic oxidation sites excluding steroid dienone is 4. The van der Waals surface area contributed by atoms with Gasteiger partial charge in [-0.1, -0.05) is 331 Å². The van der Waals surface area contributed by atoms with Crippen LogP contribution in [0.2, 0.25) is 0 Å². The Hall–Kier alpha value is -6.39. The average molecular weight is 1610 g/mol. The molecule has 0 bridgehead atoms. The van der Waals surface area contributed by atoms with E-state index in [1.54, 1.807) is 66.6 Å². The number of nitrogens with zero attached hydrogens (tertiary/aromatic N) is 6. The predicted molar refractivity (Wildman–Crippen MR) is 503 cm³/mol. The van der Waals surface area contributed by atoms with Gasteiger partial charge >= 0.3 is 0 Å². The highest BCUT2D eigenvalue weighted by atomic mass is 32.1. The van der Waals surface area contributed by atoms with Crippen molar-refractivity contribution in [1.82, 2.24) is 28.8 Å². The SMILES string of the molecule is CC.CC.CC.CC.CC.CC.CC.CC.CC.CC.CC.CC(C)C1=CCC=C1.CC(C)c1ccco1.CC(C)c1cccs1.CC(C)c1ccno1.CC(C)c1ccns1.CC(C)c1ccoc1.CC(C)c1ccon1.CC(C)c1ccsc1.CC(C)c1cnoc1.CC(C)c1cnsc1.CC(C)n1cccc1. The van der Waals surface area contributed by atoms with Gasteiger partial charge in [0.15, 0.2) is 0 Å². The van der Waals surface area contributed by atoms with E-state index in [0.29, 0.717) is 65.2 Å². The molecule has 110 heavy (non-hydrogen) atoms. The minimum absolute atomic E-state index is 0.456. The van der Waals surface area contributed by atoms with Gasteiger partial charge in [-0.05, 0) is 178 Å². The minimum atomic E-state index is 0.456. The Morgan fingerprint density at radius 3 is 1.13 bits per heavy atom. The largest absolute Gasteiger partial charge is 0.472 e. The molecule has 0 radical (unpaired) electrons. The van der Waals surface area contributed by atoms with Crippen LogP contribution < -0.4 is 0 Å². The molecule has 0 saturated carbocycles. The van der Waals surface area contributed by atoms with Crippen LogP contribution in [-0.2, 0) is 0 Å². The Morgan fingerprint density at radius 2 is 0.927 bits per heavy atom. The molecule has 11 rings (SSSR count). The lowest BCUT2D eigenvalue weighted by molar-refractivity contribution is 0.371. The van der Waals surface area contributed by atoms with Crippen molar-refractivity contribution >= 4 is 45.7 Å². The van der Waals surface area contributed by atoms with Crippen LogP contribution in [0.25, 0.3) is 0 Å². The first kappa shape index (κ1) is 127. The average Bonchev–Trinajstić information content (AvgIpc) is 2.08. The van der Waals surface area contributed by atoms with E-state index in [-0.39, 0.29) is 0 Å². The van der Waals surface area contributed by atoms with Crippen LogP contribution >= 0.6 is 45.7 Å². The van der Waals surface area contributed by atoms with Crippen molar-refractivity contribution in [2.24, 2.45) is 5.92 Å². The van der Waals surface area contributed by atoms with E-state index >= 15 is 0 Å². The first-order valence-corrected chi connectivity index (χ1v) is 45.4. The molecule has 15 heteroatoms. The third-order valence-corrected chi connectivity index (χ3v) is 16.2. The number of furan rings is 2. The maximum Gasteiger partial charge on any atom is 0.139 e. The second-order valence-electron chi connectivity index (χ2n) is 23.9. The molecule has 10 aromatic heterocycles. The number of thiophene rings is 2. The Labute approximate surface area is 698 Å². The van der Waals surface area contributed by atoms with E-state index in [0.717, 1.165) is 29.2 Å². The summed E-state index contributed by atoms with van der Waals surface area (Å²) in [4.78, 5) is 2.84. The topological polar surface area (TPSA) is 135 Å². The van der Waals surface area contributed by atoms with Gasteiger partial charge in [-0.25, -0.2) is 8.75 Å². The van der Waals surface area contributed by atoms with Crippen LogP contribution in [0.15, 0.2) is 203 Å². The highest BCUT2D eigenvalue weighted by Crippen LogP contribution is 2.21. The molecule has 0 unspecified atom stereocenters. The summed E-state index contributed by atoms with van der Waals surface area (Å²) >= 11 is 6.70. The summed E-state index contributed by atoms with van der Waals surface area (Å²) in [5, 5.41) is 19.4. The zero-order valence-electron chi connectivity index (χ0n) is 79.2. The van der Waals surface area contributed by atoms with Crippen molar-refractivity contribution in [3.05, 3.63) is 230 Å². The lowest BCUT2D eigenvalue weighted by Crippen LogP contribution is -1.94. The summed E-state index contributed by atoms with van der Waals surface area (Å²) in [6.07, 6.45) is 27.6. The van der Waals surface area contributed by atoms with Crippen molar-refractivity contribution < 1.29 is 22.4 Å². The fraction of sp³-hybridized carbons (Fsp3) is 0.589. The van der Waals surface area contributed by atoms with E-state index in [1.807, 2.05) is 219 Å². The van der Waals surface area contributed by atoms with Gasteiger partial charge in [0, 0.05) is 75.5 Å². The second kappa shape index (κ2) is 98.7. The first-order chi connectivity index (χ1) is 52.8. The smallest absolute Gasteiger partial charge is 0.139 e. The Balaban J connectivity index is -0.000000106. The zero-order valence-corrected chi connectivity index (χ0v) is 82.4. The van der Waals surface area contributed by atoms with Crippen LogP contribution in [-0.4, -0.2) is 28.8 Å². The molecule has 1 aliphatic rings. The van der Waals surface area contributed by atoms with Crippen molar-refractivity contribution in [3.63, 3.8) is 0 Å². The molecule has 10 aromatic rings. The Kier molecular flexibility index (Phi) is 114. The molecular weight excluding hydrogens is 1430 g/mol. The van der Waals surface area contributed by atoms with Gasteiger partial charge < -0.3 is 27.0 Å². The molecule has 10 heterocycles. The first-order valence-electron chi connectivity index (χ1n) is 42.0. The van der Waals surface area contributed by atoms with Crippen molar-refractivity contribution in [1.29, 1.82) is 0 Å². The van der Waals surface area contributed by atoms with Crippen molar-refractivity contribution in [2.45, 2.75) is 370 Å². The molecule has 11 nitrogen and oxygen atoms in total. The standard InChI is InChI=1S/C8H12.C7H11N.2C7H10O.2C7H10S.3C6H9NO.2C6H9NS.11C2H6/c2*1-7(2)8-5-3-4-6-8;1-6(2)7-3-4-8-5-7;1-6(2)7-4-3-5-8-7;1-6(2)7-3-4-8-5-7;1-6(2)7-4-3-5-8-7;1-5(2)6-3-7-8-4-6;1-5(2)6-3-4-8-7-6;1-5(2)6-3-4-7-8-6;1-5(2)6-3-7-8-4-6;1-5(2)6-3-4-7-8-6;11*1-2/h3,5-7H,4H2,1-2H3;3-7H,1-2H3;4*3-6H,1-2H3;5*3-5H,1-2H3;11*1-2H3. The summed E-state index contributed by atoms with van der Waals surface area (Å²) < 4.78 is 34.2. The van der Waals surface area contributed by atoms with Gasteiger partial charge in [-0.3, -0.25) is 0 Å². The van der Waals surface area contributed by atoms with Crippen molar-refractivity contribution in [3.8, 4) is 0 Å². The molecule has 0 spiro atoms. The second-order valence-corrected chi connectivity index (χ2v) is 27.2. The third kappa shape index (κ3) is 78.3. The van der Waals surface area contributed by atoms with Crippen LogP contribution in [0.4, 0.5) is 0 Å². The third-order valence-electron chi connectivity index (χ3n) is 12.7. The zero-order chi connectivity index (χ0) is 87.8. The lowest BCUT2D eigenvalue weighted by Gasteiger charge is -2.03. The Morgan fingerprint density at radius 1 is 0.391 bits per heavy atom. The van der Waals surface area contributed by atoms with Gasteiger partial charge in [0.2, 0.25) is 0 Å². The monoisotopic (exact) mass is 1610 g/mol. The molecule has 0 fully saturated rings. The van der Waals surface area contributed by atoms with Gasteiger partial charge in [0.05, 0.1) is 36.9 Å². The fourth-order valence-electron chi connectivity index (χ4n) is 6.61. The van der Waals surface area contributed by atoms with E-state index in [2.05, 4.69) is 267 Å². The minimum Gasteiger partial charge on any atom is -0.472 e. The maximum absolute atomic E-state index is 5.09. The van der Waals surface area contributed by atoms with Crippen LogP contribution in [0, 0.1) is 5.92 Å². The van der Waals surface area contributed by atoms with Gasteiger partial charge in [0.1, 0.15) is 24.0 Å². The van der Waals surface area contributed by atoms with Gasteiger partial charge in [-0.2, -0.15) is 11.3 Å². The summed E-state index contributed by atoms with van der Waals surface area (Å²) in [5.41, 5.74) is 7.73. The summed E-state index contributed by atoms with van der Waals surface area (Å²) in [7, 11) is 0. The van der Waals surface area contributed by atoms with Crippen LogP contribution in [0.1, 0.15) is 420 Å². The molecular formula is C95H174N6O5S4. The number of hydrogen-bond donors (Lipinski definition) is 0. The molecule has 0 saturated heterocycles. The Bertz CT molecular complexity index is 2370. The number of aromatic nitrogens is 6. The van der Waals surface area contributed by atoms with Gasteiger partial charge in [0.25, 0.3) is 0 Å². The lowest BCUT2D eigenvalue weighted by atomic mass is 10.1. The van der Waals surface area contributed by atoms with E-state index < -0.39 is 0 Å². The molecule has 0 N–H and O–H groups in total. The fourth-order valence-corrected chi connectivity index (χ4v) is 9.45. The maximum atomic E-state index is 5.09. The predicted octanol–water partition coefficient (Wildman–Crippen LogP) is 36.4. The molecule has 0 aliphatic heterocycles.